The molecule has 7 heteroatoms. The molecule has 1 amide bonds. The number of carbonyl (C=O) groups excluding carboxylic acids is 1. The molecule has 0 bridgehead atoms. The average Bonchev–Trinajstić information content (AvgIpc) is 3.02. The molecule has 2 rings (SSSR count). The SMILES string of the molecule is CC[C@H](C)c1ccccc1NC(=O)[C@@H](C)Sc1nnc(NC)s1. The van der Waals surface area contributed by atoms with Crippen LogP contribution in [-0.2, 0) is 4.79 Å². The summed E-state index contributed by atoms with van der Waals surface area (Å²) in [7, 11) is 1.80. The van der Waals surface area contributed by atoms with Gasteiger partial charge in [0.25, 0.3) is 0 Å². The van der Waals surface area contributed by atoms with Crippen LogP contribution in [0.4, 0.5) is 10.8 Å². The summed E-state index contributed by atoms with van der Waals surface area (Å²) in [6.45, 7) is 6.20. The van der Waals surface area contributed by atoms with Crippen LogP contribution in [0.25, 0.3) is 0 Å². The van der Waals surface area contributed by atoms with Crippen LogP contribution in [0, 0.1) is 0 Å². The summed E-state index contributed by atoms with van der Waals surface area (Å²) < 4.78 is 0.784. The van der Waals surface area contributed by atoms with Crippen molar-refractivity contribution < 1.29 is 4.79 Å². The molecule has 0 fully saturated rings. The van der Waals surface area contributed by atoms with Gasteiger partial charge < -0.3 is 10.6 Å². The molecule has 0 spiro atoms. The van der Waals surface area contributed by atoms with Crippen LogP contribution in [0.5, 0.6) is 0 Å². The zero-order valence-electron chi connectivity index (χ0n) is 13.8. The minimum atomic E-state index is -0.238. The Morgan fingerprint density at radius 1 is 1.30 bits per heavy atom. The molecule has 1 aromatic heterocycles. The molecule has 1 aromatic carbocycles. The quantitative estimate of drug-likeness (QED) is 0.732. The number of nitrogens with zero attached hydrogens (tertiary/aromatic N) is 2. The molecule has 0 aliphatic heterocycles. The second-order valence-corrected chi connectivity index (χ2v) is 7.83. The number of hydrogen-bond acceptors (Lipinski definition) is 6. The van der Waals surface area contributed by atoms with Gasteiger partial charge in [0.05, 0.1) is 5.25 Å². The monoisotopic (exact) mass is 350 g/mol. The van der Waals surface area contributed by atoms with E-state index in [1.165, 1.54) is 28.7 Å². The zero-order chi connectivity index (χ0) is 16.8. The highest BCUT2D eigenvalue weighted by atomic mass is 32.2. The van der Waals surface area contributed by atoms with Crippen molar-refractivity contribution in [2.45, 2.75) is 42.7 Å². The first kappa shape index (κ1) is 17.7. The number of aromatic nitrogens is 2. The molecule has 0 unspecified atom stereocenters. The summed E-state index contributed by atoms with van der Waals surface area (Å²) in [4.78, 5) is 12.5. The molecule has 0 saturated carbocycles. The Balaban J connectivity index is 2.03. The highest BCUT2D eigenvalue weighted by molar-refractivity contribution is 8.02. The number of carbonyl (C=O) groups is 1. The maximum atomic E-state index is 12.5. The van der Waals surface area contributed by atoms with Crippen molar-refractivity contribution in [2.75, 3.05) is 17.7 Å². The molecule has 5 nitrogen and oxygen atoms in total. The number of thioether (sulfide) groups is 1. The van der Waals surface area contributed by atoms with Gasteiger partial charge >= 0.3 is 0 Å². The third-order valence-corrected chi connectivity index (χ3v) is 5.75. The van der Waals surface area contributed by atoms with Gasteiger partial charge in [-0.2, -0.15) is 0 Å². The van der Waals surface area contributed by atoms with Crippen LogP contribution < -0.4 is 10.6 Å². The van der Waals surface area contributed by atoms with Crippen molar-refractivity contribution in [1.82, 2.24) is 10.2 Å². The lowest BCUT2D eigenvalue weighted by molar-refractivity contribution is -0.115. The van der Waals surface area contributed by atoms with Gasteiger partial charge in [0, 0.05) is 12.7 Å². The van der Waals surface area contributed by atoms with Crippen LogP contribution >= 0.6 is 23.1 Å². The van der Waals surface area contributed by atoms with E-state index in [1.54, 1.807) is 7.05 Å². The van der Waals surface area contributed by atoms with E-state index in [2.05, 4.69) is 40.7 Å². The molecule has 0 aliphatic rings. The Hall–Kier alpha value is -1.60. The van der Waals surface area contributed by atoms with Gasteiger partial charge in [0.2, 0.25) is 11.0 Å². The van der Waals surface area contributed by atoms with E-state index in [-0.39, 0.29) is 11.2 Å². The Morgan fingerprint density at radius 2 is 2.04 bits per heavy atom. The van der Waals surface area contributed by atoms with E-state index >= 15 is 0 Å². The van der Waals surface area contributed by atoms with Crippen molar-refractivity contribution in [3.63, 3.8) is 0 Å². The summed E-state index contributed by atoms with van der Waals surface area (Å²) in [5.74, 6) is 0.391. The lowest BCUT2D eigenvalue weighted by Crippen LogP contribution is -2.23. The topological polar surface area (TPSA) is 66.9 Å². The number of rotatable bonds is 7. The van der Waals surface area contributed by atoms with Gasteiger partial charge in [-0.05, 0) is 30.9 Å². The lowest BCUT2D eigenvalue weighted by Gasteiger charge is -2.17. The van der Waals surface area contributed by atoms with Crippen molar-refractivity contribution in [1.29, 1.82) is 0 Å². The third kappa shape index (κ3) is 4.68. The van der Waals surface area contributed by atoms with E-state index in [9.17, 15) is 4.79 Å². The van der Waals surface area contributed by atoms with Gasteiger partial charge in [0.15, 0.2) is 4.34 Å². The predicted octanol–water partition coefficient (Wildman–Crippen LogP) is 4.21. The van der Waals surface area contributed by atoms with Crippen molar-refractivity contribution >= 4 is 39.8 Å². The normalized spacial score (nSPS) is 13.4. The van der Waals surface area contributed by atoms with Gasteiger partial charge in [-0.1, -0.05) is 55.1 Å². The third-order valence-electron chi connectivity index (χ3n) is 3.63. The number of para-hydroxylation sites is 1. The minimum Gasteiger partial charge on any atom is -0.363 e. The van der Waals surface area contributed by atoms with Gasteiger partial charge in [-0.15, -0.1) is 10.2 Å². The molecule has 0 aliphatic carbocycles. The Labute approximate surface area is 145 Å². The molecule has 2 atom stereocenters. The fraction of sp³-hybridized carbons (Fsp3) is 0.438. The summed E-state index contributed by atoms with van der Waals surface area (Å²) in [5.41, 5.74) is 2.07. The van der Waals surface area contributed by atoms with Crippen LogP contribution in [0.15, 0.2) is 28.6 Å². The van der Waals surface area contributed by atoms with Crippen molar-refractivity contribution in [2.24, 2.45) is 0 Å². The largest absolute Gasteiger partial charge is 0.363 e. The van der Waals surface area contributed by atoms with Crippen LogP contribution in [0.2, 0.25) is 0 Å². The molecule has 0 radical (unpaired) electrons. The van der Waals surface area contributed by atoms with E-state index < -0.39 is 0 Å². The highest BCUT2D eigenvalue weighted by Crippen LogP contribution is 2.30. The van der Waals surface area contributed by atoms with Crippen LogP contribution in [-0.4, -0.2) is 28.4 Å². The summed E-state index contributed by atoms with van der Waals surface area (Å²) in [5, 5.41) is 14.6. The lowest BCUT2D eigenvalue weighted by atomic mass is 9.97. The maximum Gasteiger partial charge on any atom is 0.237 e. The Bertz CT molecular complexity index is 659. The smallest absolute Gasteiger partial charge is 0.237 e. The second-order valence-electron chi connectivity index (χ2n) is 5.27. The van der Waals surface area contributed by atoms with E-state index in [0.29, 0.717) is 5.92 Å². The molecule has 23 heavy (non-hydrogen) atoms. The molecule has 2 N–H and O–H groups in total. The highest BCUT2D eigenvalue weighted by Gasteiger charge is 2.19. The second kappa shape index (κ2) is 8.31. The first-order valence-electron chi connectivity index (χ1n) is 7.62. The maximum absolute atomic E-state index is 12.5. The first-order valence-corrected chi connectivity index (χ1v) is 9.32. The van der Waals surface area contributed by atoms with E-state index in [4.69, 9.17) is 0 Å². The molecular formula is C16H22N4OS2. The Morgan fingerprint density at radius 3 is 2.70 bits per heavy atom. The minimum absolute atomic E-state index is 0.0213. The summed E-state index contributed by atoms with van der Waals surface area (Å²) in [6.07, 6.45) is 1.04. The molecule has 124 valence electrons. The Kier molecular flexibility index (Phi) is 6.41. The summed E-state index contributed by atoms with van der Waals surface area (Å²) in [6, 6.07) is 7.99. The standard InChI is InChI=1S/C16H22N4OS2/c1-5-10(2)12-8-6-7-9-13(12)18-14(21)11(3)22-16-20-19-15(17-4)23-16/h6-11H,5H2,1-4H3,(H,17,19)(H,18,21)/t10-,11+/m0/s1. The predicted molar refractivity (Wildman–Crippen MR) is 98.6 cm³/mol. The fourth-order valence-electron chi connectivity index (χ4n) is 2.06. The average molecular weight is 351 g/mol. The van der Waals surface area contributed by atoms with Crippen LogP contribution in [0.1, 0.15) is 38.7 Å². The molecule has 1 heterocycles. The van der Waals surface area contributed by atoms with E-state index in [0.717, 1.165) is 21.6 Å². The molecule has 2 aromatic rings. The van der Waals surface area contributed by atoms with Crippen molar-refractivity contribution in [3.8, 4) is 0 Å². The zero-order valence-corrected chi connectivity index (χ0v) is 15.4. The number of hydrogen-bond donors (Lipinski definition) is 2. The van der Waals surface area contributed by atoms with Gasteiger partial charge in [-0.25, -0.2) is 0 Å². The van der Waals surface area contributed by atoms with Gasteiger partial charge in [-0.3, -0.25) is 4.79 Å². The number of amides is 1. The number of nitrogens with one attached hydrogen (secondary N) is 2. The summed E-state index contributed by atoms with van der Waals surface area (Å²) >= 11 is 2.87. The van der Waals surface area contributed by atoms with E-state index in [1.807, 2.05) is 25.1 Å². The fourth-order valence-corrected chi connectivity index (χ4v) is 3.91. The van der Waals surface area contributed by atoms with Crippen molar-refractivity contribution in [3.05, 3.63) is 29.8 Å². The van der Waals surface area contributed by atoms with Gasteiger partial charge in [0.1, 0.15) is 0 Å². The number of anilines is 2. The molecular weight excluding hydrogens is 328 g/mol. The molecule has 0 saturated heterocycles. The number of benzene rings is 1. The first-order chi connectivity index (χ1) is 11.0. The van der Waals surface area contributed by atoms with Crippen LogP contribution in [0.3, 0.4) is 0 Å².